The Morgan fingerprint density at radius 1 is 1.00 bits per heavy atom. The van der Waals surface area contributed by atoms with E-state index in [-0.39, 0.29) is 0 Å². The van der Waals surface area contributed by atoms with Gasteiger partial charge in [-0.2, -0.15) is 4.31 Å². The maximum absolute atomic E-state index is 12.8. The molecule has 2 aromatic rings. The van der Waals surface area contributed by atoms with E-state index in [0.29, 0.717) is 31.1 Å². The van der Waals surface area contributed by atoms with Gasteiger partial charge in [0.2, 0.25) is 10.0 Å². The van der Waals surface area contributed by atoms with Gasteiger partial charge in [0.25, 0.3) is 0 Å². The molecule has 1 aromatic carbocycles. The van der Waals surface area contributed by atoms with Crippen molar-refractivity contribution in [3.05, 3.63) is 41.2 Å². The van der Waals surface area contributed by atoms with Crippen LogP contribution in [0.25, 0.3) is 0 Å². The van der Waals surface area contributed by atoms with E-state index in [1.165, 1.54) is 0 Å². The summed E-state index contributed by atoms with van der Waals surface area (Å²) in [5.74, 6) is 1.52. The zero-order valence-electron chi connectivity index (χ0n) is 13.6. The smallest absolute Gasteiger partial charge is 0.243 e. The predicted octanol–water partition coefficient (Wildman–Crippen LogP) is 2.11. The van der Waals surface area contributed by atoms with Gasteiger partial charge < -0.3 is 9.42 Å². The summed E-state index contributed by atoms with van der Waals surface area (Å²) >= 11 is 0. The van der Waals surface area contributed by atoms with Crippen LogP contribution in [-0.4, -0.2) is 44.1 Å². The molecule has 2 heterocycles. The normalized spacial score (nSPS) is 16.7. The quantitative estimate of drug-likeness (QED) is 0.859. The highest BCUT2D eigenvalue weighted by Gasteiger charge is 2.29. The van der Waals surface area contributed by atoms with Gasteiger partial charge in [0.05, 0.1) is 4.90 Å². The summed E-state index contributed by atoms with van der Waals surface area (Å²) in [5, 5.41) is 3.99. The molecule has 1 aliphatic heterocycles. The number of rotatable bonds is 3. The van der Waals surface area contributed by atoms with Gasteiger partial charge in [0.15, 0.2) is 5.82 Å². The van der Waals surface area contributed by atoms with Gasteiger partial charge in [-0.1, -0.05) is 11.2 Å². The average Bonchev–Trinajstić information content (AvgIpc) is 2.96. The number of nitrogens with zero attached hydrogens (tertiary/aromatic N) is 3. The zero-order valence-corrected chi connectivity index (χ0v) is 14.4. The Bertz CT molecular complexity index is 806. The molecular weight excluding hydrogens is 314 g/mol. The minimum atomic E-state index is -3.44. The van der Waals surface area contributed by atoms with Crippen molar-refractivity contribution in [2.75, 3.05) is 31.1 Å². The summed E-state index contributed by atoms with van der Waals surface area (Å²) in [7, 11) is -3.44. The van der Waals surface area contributed by atoms with E-state index in [9.17, 15) is 8.42 Å². The van der Waals surface area contributed by atoms with Crippen molar-refractivity contribution in [1.82, 2.24) is 9.46 Å². The van der Waals surface area contributed by atoms with Crippen LogP contribution in [0.1, 0.15) is 16.9 Å². The van der Waals surface area contributed by atoms with Crippen LogP contribution in [0.5, 0.6) is 0 Å². The highest BCUT2D eigenvalue weighted by Crippen LogP contribution is 2.22. The second-order valence-electron chi connectivity index (χ2n) is 5.93. The monoisotopic (exact) mass is 335 g/mol. The number of benzene rings is 1. The molecule has 0 bridgehead atoms. The number of piperazine rings is 1. The third kappa shape index (κ3) is 3.11. The number of sulfonamides is 1. The van der Waals surface area contributed by atoms with Crippen molar-refractivity contribution < 1.29 is 12.9 Å². The molecule has 3 rings (SSSR count). The molecule has 0 radical (unpaired) electrons. The SMILES string of the molecule is Cc1cc(N2CCN(S(=O)(=O)c3ccc(C)c(C)c3)CC2)no1. The Morgan fingerprint density at radius 2 is 1.70 bits per heavy atom. The molecule has 1 aliphatic rings. The molecule has 0 unspecified atom stereocenters. The molecule has 1 saturated heterocycles. The molecule has 1 fully saturated rings. The number of hydrogen-bond acceptors (Lipinski definition) is 5. The van der Waals surface area contributed by atoms with E-state index >= 15 is 0 Å². The van der Waals surface area contributed by atoms with Crippen molar-refractivity contribution in [3.63, 3.8) is 0 Å². The van der Waals surface area contributed by atoms with Crippen LogP contribution in [0.3, 0.4) is 0 Å². The van der Waals surface area contributed by atoms with Gasteiger partial charge in [-0.25, -0.2) is 8.42 Å². The molecule has 0 amide bonds. The summed E-state index contributed by atoms with van der Waals surface area (Å²) in [6.07, 6.45) is 0. The highest BCUT2D eigenvalue weighted by atomic mass is 32.2. The number of aryl methyl sites for hydroxylation is 3. The third-order valence-corrected chi connectivity index (χ3v) is 6.19. The third-order valence-electron chi connectivity index (χ3n) is 4.29. The molecule has 0 spiro atoms. The molecule has 0 saturated carbocycles. The van der Waals surface area contributed by atoms with E-state index in [0.717, 1.165) is 22.7 Å². The molecule has 124 valence electrons. The van der Waals surface area contributed by atoms with Gasteiger partial charge in [-0.3, -0.25) is 0 Å². The number of hydrogen-bond donors (Lipinski definition) is 0. The maximum atomic E-state index is 12.8. The Morgan fingerprint density at radius 3 is 2.26 bits per heavy atom. The fourth-order valence-corrected chi connectivity index (χ4v) is 4.19. The van der Waals surface area contributed by atoms with Crippen LogP contribution in [0.15, 0.2) is 33.7 Å². The van der Waals surface area contributed by atoms with Crippen LogP contribution < -0.4 is 4.90 Å². The Balaban J connectivity index is 1.74. The maximum Gasteiger partial charge on any atom is 0.243 e. The molecular formula is C16H21N3O3S. The lowest BCUT2D eigenvalue weighted by atomic mass is 10.1. The first-order chi connectivity index (χ1) is 10.9. The van der Waals surface area contributed by atoms with Gasteiger partial charge in [0.1, 0.15) is 5.76 Å². The van der Waals surface area contributed by atoms with Gasteiger partial charge in [0, 0.05) is 32.2 Å². The first-order valence-corrected chi connectivity index (χ1v) is 9.07. The Labute approximate surface area is 136 Å². The summed E-state index contributed by atoms with van der Waals surface area (Å²) < 4.78 is 32.2. The van der Waals surface area contributed by atoms with Crippen molar-refractivity contribution in [2.24, 2.45) is 0 Å². The van der Waals surface area contributed by atoms with Crippen LogP contribution in [0, 0.1) is 20.8 Å². The molecule has 6 nitrogen and oxygen atoms in total. The van der Waals surface area contributed by atoms with Crippen molar-refractivity contribution in [2.45, 2.75) is 25.7 Å². The standard InChI is InChI=1S/C16H21N3O3S/c1-12-4-5-15(10-13(12)2)23(20,21)19-8-6-18(7-9-19)16-11-14(3)22-17-16/h4-5,10-11H,6-9H2,1-3H3. The van der Waals surface area contributed by atoms with E-state index in [1.807, 2.05) is 37.8 Å². The van der Waals surface area contributed by atoms with Crippen LogP contribution in [0.2, 0.25) is 0 Å². The minimum absolute atomic E-state index is 0.367. The average molecular weight is 335 g/mol. The summed E-state index contributed by atoms with van der Waals surface area (Å²) in [4.78, 5) is 2.41. The van der Waals surface area contributed by atoms with E-state index in [4.69, 9.17) is 4.52 Å². The zero-order chi connectivity index (χ0) is 16.6. The lowest BCUT2D eigenvalue weighted by molar-refractivity contribution is 0.371. The van der Waals surface area contributed by atoms with Crippen molar-refractivity contribution >= 4 is 15.8 Å². The van der Waals surface area contributed by atoms with Gasteiger partial charge in [-0.15, -0.1) is 0 Å². The summed E-state index contributed by atoms with van der Waals surface area (Å²) in [6.45, 7) is 7.86. The van der Waals surface area contributed by atoms with Crippen LogP contribution in [-0.2, 0) is 10.0 Å². The largest absolute Gasteiger partial charge is 0.360 e. The van der Waals surface area contributed by atoms with Crippen LogP contribution >= 0.6 is 0 Å². The van der Waals surface area contributed by atoms with Crippen molar-refractivity contribution in [3.8, 4) is 0 Å². The van der Waals surface area contributed by atoms with E-state index in [2.05, 4.69) is 5.16 Å². The Kier molecular flexibility index (Phi) is 4.16. The fraction of sp³-hybridized carbons (Fsp3) is 0.438. The first kappa shape index (κ1) is 16.0. The number of anilines is 1. The molecule has 0 atom stereocenters. The molecule has 7 heteroatoms. The van der Waals surface area contributed by atoms with Gasteiger partial charge >= 0.3 is 0 Å². The second-order valence-corrected chi connectivity index (χ2v) is 7.87. The highest BCUT2D eigenvalue weighted by molar-refractivity contribution is 7.89. The number of aromatic nitrogens is 1. The second kappa shape index (κ2) is 5.98. The topological polar surface area (TPSA) is 66.7 Å². The van der Waals surface area contributed by atoms with E-state index in [1.54, 1.807) is 16.4 Å². The lowest BCUT2D eigenvalue weighted by Gasteiger charge is -2.33. The summed E-state index contributed by atoms with van der Waals surface area (Å²) in [6, 6.07) is 7.16. The lowest BCUT2D eigenvalue weighted by Crippen LogP contribution is -2.48. The Hall–Kier alpha value is -1.86. The fourth-order valence-electron chi connectivity index (χ4n) is 2.68. The van der Waals surface area contributed by atoms with Crippen molar-refractivity contribution in [1.29, 1.82) is 0 Å². The van der Waals surface area contributed by atoms with Gasteiger partial charge in [-0.05, 0) is 44.0 Å². The molecule has 0 N–H and O–H groups in total. The molecule has 1 aromatic heterocycles. The van der Waals surface area contributed by atoms with Crippen LogP contribution in [0.4, 0.5) is 5.82 Å². The summed E-state index contributed by atoms with van der Waals surface area (Å²) in [5.41, 5.74) is 2.08. The predicted molar refractivity (Wildman–Crippen MR) is 88.1 cm³/mol. The first-order valence-electron chi connectivity index (χ1n) is 7.63. The molecule has 0 aliphatic carbocycles. The molecule has 23 heavy (non-hydrogen) atoms. The minimum Gasteiger partial charge on any atom is -0.360 e. The van der Waals surface area contributed by atoms with E-state index < -0.39 is 10.0 Å².